The van der Waals surface area contributed by atoms with Crippen molar-refractivity contribution in [3.63, 3.8) is 0 Å². The predicted octanol–water partition coefficient (Wildman–Crippen LogP) is 3.46. The molecule has 1 atom stereocenters. The van der Waals surface area contributed by atoms with Gasteiger partial charge in [0.1, 0.15) is 6.04 Å². The fraction of sp³-hybridized carbons (Fsp3) is 0.500. The van der Waals surface area contributed by atoms with E-state index in [0.717, 1.165) is 18.4 Å². The Morgan fingerprint density at radius 2 is 1.75 bits per heavy atom. The van der Waals surface area contributed by atoms with Crippen molar-refractivity contribution in [3.8, 4) is 0 Å². The number of rotatable bonds is 4. The van der Waals surface area contributed by atoms with Crippen molar-refractivity contribution in [2.75, 3.05) is 7.05 Å². The van der Waals surface area contributed by atoms with Crippen LogP contribution in [0.3, 0.4) is 0 Å². The summed E-state index contributed by atoms with van der Waals surface area (Å²) in [5, 5.41) is 2.28. The summed E-state index contributed by atoms with van der Waals surface area (Å²) in [5.74, 6) is 0. The van der Waals surface area contributed by atoms with Gasteiger partial charge in [-0.1, -0.05) is 37.6 Å². The van der Waals surface area contributed by atoms with Crippen molar-refractivity contribution >= 4 is 0 Å². The first-order valence-corrected chi connectivity index (χ1v) is 5.31. The Morgan fingerprint density at radius 1 is 1.19 bits per heavy atom. The third kappa shape index (κ3) is 3.23. The van der Waals surface area contributed by atoms with Gasteiger partial charge in [-0.15, -0.1) is 0 Å². The lowest BCUT2D eigenvalue weighted by Crippen LogP contribution is -2.31. The summed E-state index contributed by atoms with van der Waals surface area (Å²) >= 11 is 0. The first-order valence-electron chi connectivity index (χ1n) is 5.31. The van der Waals surface area contributed by atoms with E-state index in [-0.39, 0.29) is 5.56 Å². The maximum atomic E-state index is 12.6. The number of hydrogen-bond acceptors (Lipinski definition) is 1. The summed E-state index contributed by atoms with van der Waals surface area (Å²) in [4.78, 5) is 0. The van der Waals surface area contributed by atoms with Crippen LogP contribution in [0.15, 0.2) is 24.3 Å². The second-order valence-corrected chi connectivity index (χ2v) is 3.75. The summed E-state index contributed by atoms with van der Waals surface area (Å²) in [6.07, 6.45) is -2.36. The van der Waals surface area contributed by atoms with Gasteiger partial charge in [-0.25, -0.2) is 0 Å². The minimum Gasteiger partial charge on any atom is -0.306 e. The Bertz CT molecular complexity index is 316. The lowest BCUT2D eigenvalue weighted by molar-refractivity contribution is -0.156. The van der Waals surface area contributed by atoms with Gasteiger partial charge in [-0.3, -0.25) is 0 Å². The van der Waals surface area contributed by atoms with Crippen LogP contribution in [0.25, 0.3) is 0 Å². The zero-order valence-corrected chi connectivity index (χ0v) is 9.43. The van der Waals surface area contributed by atoms with E-state index in [9.17, 15) is 13.2 Å². The molecule has 0 amide bonds. The normalized spacial score (nSPS) is 13.8. The summed E-state index contributed by atoms with van der Waals surface area (Å²) in [6, 6.07) is 5.02. The number of aryl methyl sites for hydroxylation is 1. The molecule has 1 unspecified atom stereocenters. The summed E-state index contributed by atoms with van der Waals surface area (Å²) in [7, 11) is 1.32. The standard InChI is InChI=1S/C12H16F3N/c1-3-4-9-5-7-10(8-6-9)11(16-2)12(13,14)15/h5-8,11,16H,3-4H2,1-2H3. The average molecular weight is 231 g/mol. The quantitative estimate of drug-likeness (QED) is 0.836. The minimum absolute atomic E-state index is 0.259. The molecule has 1 nitrogen and oxygen atoms in total. The van der Waals surface area contributed by atoms with Crippen LogP contribution in [-0.2, 0) is 6.42 Å². The van der Waals surface area contributed by atoms with Gasteiger partial charge in [-0.05, 0) is 24.6 Å². The van der Waals surface area contributed by atoms with E-state index in [1.807, 2.05) is 6.92 Å². The van der Waals surface area contributed by atoms with E-state index < -0.39 is 12.2 Å². The Labute approximate surface area is 93.7 Å². The third-order valence-electron chi connectivity index (χ3n) is 2.47. The second kappa shape index (κ2) is 5.34. The Balaban J connectivity index is 2.87. The van der Waals surface area contributed by atoms with E-state index in [0.29, 0.717) is 0 Å². The molecule has 0 saturated heterocycles. The number of benzene rings is 1. The first kappa shape index (κ1) is 13.0. The van der Waals surface area contributed by atoms with Gasteiger partial charge in [0.25, 0.3) is 0 Å². The molecule has 1 N–H and O–H groups in total. The zero-order chi connectivity index (χ0) is 12.2. The highest BCUT2D eigenvalue weighted by atomic mass is 19.4. The topological polar surface area (TPSA) is 12.0 Å². The first-order chi connectivity index (χ1) is 7.49. The molecule has 1 aromatic carbocycles. The number of hydrogen-bond donors (Lipinski definition) is 1. The molecule has 1 rings (SSSR count). The van der Waals surface area contributed by atoms with Crippen molar-refractivity contribution < 1.29 is 13.2 Å². The van der Waals surface area contributed by atoms with Gasteiger partial charge in [-0.2, -0.15) is 13.2 Å². The summed E-state index contributed by atoms with van der Waals surface area (Å²) < 4.78 is 37.8. The van der Waals surface area contributed by atoms with Crippen LogP contribution in [0.4, 0.5) is 13.2 Å². The molecule has 0 spiro atoms. The molecule has 16 heavy (non-hydrogen) atoms. The number of alkyl halides is 3. The SMILES string of the molecule is CCCc1ccc(C(NC)C(F)(F)F)cc1. The Hall–Kier alpha value is -1.03. The van der Waals surface area contributed by atoms with E-state index >= 15 is 0 Å². The smallest absolute Gasteiger partial charge is 0.306 e. The van der Waals surface area contributed by atoms with Gasteiger partial charge >= 0.3 is 6.18 Å². The lowest BCUT2D eigenvalue weighted by atomic mass is 10.0. The monoisotopic (exact) mass is 231 g/mol. The maximum absolute atomic E-state index is 12.6. The van der Waals surface area contributed by atoms with E-state index in [4.69, 9.17) is 0 Å². The maximum Gasteiger partial charge on any atom is 0.407 e. The van der Waals surface area contributed by atoms with Crippen molar-refractivity contribution in [2.45, 2.75) is 32.0 Å². The third-order valence-corrected chi connectivity index (χ3v) is 2.47. The zero-order valence-electron chi connectivity index (χ0n) is 9.43. The Kier molecular flexibility index (Phi) is 4.35. The molecule has 0 aromatic heterocycles. The molecule has 0 radical (unpaired) electrons. The number of halogens is 3. The van der Waals surface area contributed by atoms with Gasteiger partial charge in [0, 0.05) is 0 Å². The Morgan fingerprint density at radius 3 is 2.12 bits per heavy atom. The van der Waals surface area contributed by atoms with Crippen LogP contribution in [0.5, 0.6) is 0 Å². The lowest BCUT2D eigenvalue weighted by Gasteiger charge is -2.20. The highest BCUT2D eigenvalue weighted by Crippen LogP contribution is 2.32. The van der Waals surface area contributed by atoms with E-state index in [1.54, 1.807) is 24.3 Å². The second-order valence-electron chi connectivity index (χ2n) is 3.75. The largest absolute Gasteiger partial charge is 0.407 e. The van der Waals surface area contributed by atoms with Crippen molar-refractivity contribution in [3.05, 3.63) is 35.4 Å². The molecular weight excluding hydrogens is 215 g/mol. The van der Waals surface area contributed by atoms with Crippen molar-refractivity contribution in [2.24, 2.45) is 0 Å². The van der Waals surface area contributed by atoms with Crippen LogP contribution in [0.1, 0.15) is 30.5 Å². The highest BCUT2D eigenvalue weighted by Gasteiger charge is 2.39. The molecule has 90 valence electrons. The van der Waals surface area contributed by atoms with E-state index in [1.165, 1.54) is 7.05 Å². The number of nitrogens with one attached hydrogen (secondary N) is 1. The predicted molar refractivity (Wildman–Crippen MR) is 58.3 cm³/mol. The highest BCUT2D eigenvalue weighted by molar-refractivity contribution is 5.26. The molecule has 0 aliphatic carbocycles. The molecule has 0 heterocycles. The molecule has 1 aromatic rings. The fourth-order valence-corrected chi connectivity index (χ4v) is 1.68. The van der Waals surface area contributed by atoms with Crippen LogP contribution in [-0.4, -0.2) is 13.2 Å². The molecule has 0 aliphatic heterocycles. The molecular formula is C12H16F3N. The molecule has 4 heteroatoms. The fourth-order valence-electron chi connectivity index (χ4n) is 1.68. The van der Waals surface area contributed by atoms with Crippen LogP contribution >= 0.6 is 0 Å². The van der Waals surface area contributed by atoms with E-state index in [2.05, 4.69) is 5.32 Å². The summed E-state index contributed by atoms with van der Waals surface area (Å²) in [6.45, 7) is 2.04. The van der Waals surface area contributed by atoms with Crippen molar-refractivity contribution in [1.82, 2.24) is 5.32 Å². The van der Waals surface area contributed by atoms with Gasteiger partial charge < -0.3 is 5.32 Å². The van der Waals surface area contributed by atoms with Crippen LogP contribution in [0.2, 0.25) is 0 Å². The van der Waals surface area contributed by atoms with Crippen molar-refractivity contribution in [1.29, 1.82) is 0 Å². The van der Waals surface area contributed by atoms with Gasteiger partial charge in [0.05, 0.1) is 0 Å². The van der Waals surface area contributed by atoms with Crippen LogP contribution < -0.4 is 5.32 Å². The minimum atomic E-state index is -4.25. The van der Waals surface area contributed by atoms with Gasteiger partial charge in [0.2, 0.25) is 0 Å². The van der Waals surface area contributed by atoms with Crippen LogP contribution in [0, 0.1) is 0 Å². The van der Waals surface area contributed by atoms with Gasteiger partial charge in [0.15, 0.2) is 0 Å². The molecule has 0 saturated carbocycles. The molecule has 0 bridgehead atoms. The molecule has 0 fully saturated rings. The summed E-state index contributed by atoms with van der Waals surface area (Å²) in [5.41, 5.74) is 1.33. The molecule has 0 aliphatic rings. The average Bonchev–Trinajstić information content (AvgIpc) is 2.20.